The van der Waals surface area contributed by atoms with Crippen LogP contribution in [0.15, 0.2) is 11.6 Å². The van der Waals surface area contributed by atoms with Gasteiger partial charge in [-0.2, -0.15) is 0 Å². The highest BCUT2D eigenvalue weighted by Crippen LogP contribution is 2.41. The highest BCUT2D eigenvalue weighted by molar-refractivity contribution is 5.16. The maximum atomic E-state index is 2.56. The third-order valence-electron chi connectivity index (χ3n) is 3.44. The molecule has 0 aliphatic heterocycles. The van der Waals surface area contributed by atoms with Crippen LogP contribution >= 0.6 is 0 Å². The van der Waals surface area contributed by atoms with Crippen molar-refractivity contribution in [3.05, 3.63) is 11.6 Å². The first-order valence-corrected chi connectivity index (χ1v) is 5.92. The minimum Gasteiger partial charge on any atom is -0.0812 e. The van der Waals surface area contributed by atoms with Crippen molar-refractivity contribution in [2.24, 2.45) is 16.7 Å². The monoisotopic (exact) mass is 194 g/mol. The van der Waals surface area contributed by atoms with Gasteiger partial charge in [-0.1, -0.05) is 53.2 Å². The van der Waals surface area contributed by atoms with Crippen molar-refractivity contribution in [2.45, 2.75) is 60.8 Å². The molecule has 0 heteroatoms. The minimum absolute atomic E-state index is 0.379. The van der Waals surface area contributed by atoms with Crippen LogP contribution in [-0.2, 0) is 0 Å². The fourth-order valence-corrected chi connectivity index (χ4v) is 2.23. The highest BCUT2D eigenvalue weighted by atomic mass is 14.3. The molecule has 0 amide bonds. The molecule has 1 unspecified atom stereocenters. The molecule has 0 saturated carbocycles. The third-order valence-corrected chi connectivity index (χ3v) is 3.44. The van der Waals surface area contributed by atoms with Crippen molar-refractivity contribution < 1.29 is 0 Å². The van der Waals surface area contributed by atoms with Gasteiger partial charge in [0.05, 0.1) is 0 Å². The Hall–Kier alpha value is -0.260. The normalized spacial score (nSPS) is 24.7. The summed E-state index contributed by atoms with van der Waals surface area (Å²) in [5, 5.41) is 0. The van der Waals surface area contributed by atoms with E-state index in [1.54, 1.807) is 5.57 Å². The molecule has 0 aromatic heterocycles. The van der Waals surface area contributed by atoms with Crippen molar-refractivity contribution in [3.63, 3.8) is 0 Å². The highest BCUT2D eigenvalue weighted by Gasteiger charge is 2.28. The Balaban J connectivity index is 2.85. The summed E-state index contributed by atoms with van der Waals surface area (Å²) in [6.07, 6.45) is 6.63. The average Bonchev–Trinajstić information content (AvgIpc) is 2.01. The first-order valence-electron chi connectivity index (χ1n) is 5.92. The molecule has 1 aliphatic rings. The van der Waals surface area contributed by atoms with Crippen molar-refractivity contribution >= 4 is 0 Å². The molecule has 0 aromatic carbocycles. The molecule has 1 rings (SSSR count). The van der Waals surface area contributed by atoms with Crippen molar-refractivity contribution in [1.82, 2.24) is 0 Å². The third kappa shape index (κ3) is 2.87. The van der Waals surface area contributed by atoms with Gasteiger partial charge in [0.25, 0.3) is 0 Å². The summed E-state index contributed by atoms with van der Waals surface area (Å²) >= 11 is 0. The molecular formula is C14H26. The molecule has 0 saturated heterocycles. The van der Waals surface area contributed by atoms with Gasteiger partial charge in [-0.25, -0.2) is 0 Å². The van der Waals surface area contributed by atoms with E-state index in [1.807, 2.05) is 0 Å². The summed E-state index contributed by atoms with van der Waals surface area (Å²) in [5.74, 6) is 0.783. The Morgan fingerprint density at radius 2 is 1.64 bits per heavy atom. The van der Waals surface area contributed by atoms with E-state index in [9.17, 15) is 0 Å². The van der Waals surface area contributed by atoms with E-state index in [4.69, 9.17) is 0 Å². The second kappa shape index (κ2) is 3.72. The van der Waals surface area contributed by atoms with Gasteiger partial charge in [0.2, 0.25) is 0 Å². The maximum Gasteiger partial charge on any atom is -0.0173 e. The van der Waals surface area contributed by atoms with Gasteiger partial charge in [0, 0.05) is 0 Å². The maximum absolute atomic E-state index is 2.56. The Kier molecular flexibility index (Phi) is 3.13. The first kappa shape index (κ1) is 11.8. The lowest BCUT2D eigenvalue weighted by atomic mass is 9.70. The molecule has 0 spiro atoms. The van der Waals surface area contributed by atoms with Crippen LogP contribution in [0.5, 0.6) is 0 Å². The first-order chi connectivity index (χ1) is 6.21. The molecule has 1 atom stereocenters. The molecule has 14 heavy (non-hydrogen) atoms. The largest absolute Gasteiger partial charge is 0.0812 e. The molecule has 1 aliphatic carbocycles. The second-order valence-corrected chi connectivity index (χ2v) is 6.81. The fraction of sp³-hybridized carbons (Fsp3) is 0.857. The Bertz CT molecular complexity index is 219. The Morgan fingerprint density at radius 3 is 2.07 bits per heavy atom. The van der Waals surface area contributed by atoms with E-state index in [-0.39, 0.29) is 0 Å². The topological polar surface area (TPSA) is 0 Å². The zero-order valence-electron chi connectivity index (χ0n) is 10.8. The molecule has 0 heterocycles. The number of hydrogen-bond acceptors (Lipinski definition) is 0. The molecule has 0 fully saturated rings. The van der Waals surface area contributed by atoms with Crippen molar-refractivity contribution in [2.75, 3.05) is 0 Å². The summed E-state index contributed by atoms with van der Waals surface area (Å²) < 4.78 is 0. The van der Waals surface area contributed by atoms with Crippen LogP contribution < -0.4 is 0 Å². The number of hydrogen-bond donors (Lipinski definition) is 0. The molecule has 0 N–H and O–H groups in total. The number of rotatable bonds is 0. The van der Waals surface area contributed by atoms with Crippen LogP contribution in [-0.4, -0.2) is 0 Å². The van der Waals surface area contributed by atoms with Crippen molar-refractivity contribution in [3.8, 4) is 0 Å². The van der Waals surface area contributed by atoms with E-state index < -0.39 is 0 Å². The molecule has 0 nitrogen and oxygen atoms in total. The standard InChI is InChI=1S/C14H26/c1-13(2,3)11-8-7-9-12(10-11)14(4,5)6/h10-11H,7-9H2,1-6H3. The van der Waals surface area contributed by atoms with Gasteiger partial charge in [-0.15, -0.1) is 0 Å². The summed E-state index contributed by atoms with van der Waals surface area (Å²) in [5.41, 5.74) is 2.49. The van der Waals surface area contributed by atoms with E-state index in [1.165, 1.54) is 19.3 Å². The zero-order valence-corrected chi connectivity index (χ0v) is 10.8. The van der Waals surface area contributed by atoms with E-state index in [0.717, 1.165) is 5.92 Å². The van der Waals surface area contributed by atoms with Gasteiger partial charge < -0.3 is 0 Å². The minimum atomic E-state index is 0.379. The number of allylic oxidation sites excluding steroid dienone is 2. The van der Waals surface area contributed by atoms with Crippen molar-refractivity contribution in [1.29, 1.82) is 0 Å². The molecule has 0 radical (unpaired) electrons. The fourth-order valence-electron chi connectivity index (χ4n) is 2.23. The van der Waals surface area contributed by atoms with Crippen LogP contribution in [0.2, 0.25) is 0 Å². The predicted octanol–water partition coefficient (Wildman–Crippen LogP) is 4.81. The smallest absolute Gasteiger partial charge is 0.0173 e. The van der Waals surface area contributed by atoms with Crippen LogP contribution in [0.4, 0.5) is 0 Å². The SMILES string of the molecule is CC(C)(C)C1=CC(C(C)(C)C)CCC1. The molecule has 0 bridgehead atoms. The lowest BCUT2D eigenvalue weighted by Gasteiger charge is -2.36. The van der Waals surface area contributed by atoms with Crippen LogP contribution in [0.25, 0.3) is 0 Å². The Morgan fingerprint density at radius 1 is 1.07 bits per heavy atom. The molecule has 0 aromatic rings. The van der Waals surface area contributed by atoms with Gasteiger partial charge in [0.15, 0.2) is 0 Å². The van der Waals surface area contributed by atoms with Gasteiger partial charge in [-0.05, 0) is 36.0 Å². The summed E-state index contributed by atoms with van der Waals surface area (Å²) in [7, 11) is 0. The molecule has 82 valence electrons. The summed E-state index contributed by atoms with van der Waals surface area (Å²) in [4.78, 5) is 0. The average molecular weight is 194 g/mol. The second-order valence-electron chi connectivity index (χ2n) is 6.81. The summed E-state index contributed by atoms with van der Waals surface area (Å²) in [6, 6.07) is 0. The van der Waals surface area contributed by atoms with Crippen LogP contribution in [0.1, 0.15) is 60.8 Å². The lowest BCUT2D eigenvalue weighted by molar-refractivity contribution is 0.256. The van der Waals surface area contributed by atoms with Crippen LogP contribution in [0.3, 0.4) is 0 Å². The van der Waals surface area contributed by atoms with E-state index in [2.05, 4.69) is 47.6 Å². The van der Waals surface area contributed by atoms with E-state index >= 15 is 0 Å². The van der Waals surface area contributed by atoms with Crippen LogP contribution in [0, 0.1) is 16.7 Å². The predicted molar refractivity (Wildman–Crippen MR) is 64.3 cm³/mol. The van der Waals surface area contributed by atoms with E-state index in [0.29, 0.717) is 10.8 Å². The van der Waals surface area contributed by atoms with Gasteiger partial charge in [-0.3, -0.25) is 0 Å². The zero-order chi connectivity index (χ0) is 11.0. The molecular weight excluding hydrogens is 168 g/mol. The lowest BCUT2D eigenvalue weighted by Crippen LogP contribution is -2.24. The van der Waals surface area contributed by atoms with Gasteiger partial charge >= 0.3 is 0 Å². The summed E-state index contributed by atoms with van der Waals surface area (Å²) in [6.45, 7) is 14.1. The quantitative estimate of drug-likeness (QED) is 0.486. The Labute approximate surface area is 89.8 Å². The van der Waals surface area contributed by atoms with Gasteiger partial charge in [0.1, 0.15) is 0 Å².